The lowest BCUT2D eigenvalue weighted by atomic mass is 10.1. The lowest BCUT2D eigenvalue weighted by Gasteiger charge is -2.28. The van der Waals surface area contributed by atoms with Crippen LogP contribution in [0.1, 0.15) is 5.56 Å². The van der Waals surface area contributed by atoms with Crippen molar-refractivity contribution in [2.75, 3.05) is 46.5 Å². The normalized spacial score (nSPS) is 19.3. The molecule has 8 heteroatoms. The molecule has 1 N–H and O–H groups in total. The van der Waals surface area contributed by atoms with Crippen LogP contribution in [0.4, 0.5) is 0 Å². The molecule has 0 bridgehead atoms. The maximum absolute atomic E-state index is 13.0. The van der Waals surface area contributed by atoms with Crippen LogP contribution in [0.2, 0.25) is 0 Å². The molecular formula is C16H20N2O5S. The zero-order chi connectivity index (χ0) is 17.3. The zero-order valence-corrected chi connectivity index (χ0v) is 14.3. The molecule has 2 heterocycles. The van der Waals surface area contributed by atoms with Gasteiger partial charge < -0.3 is 19.6 Å². The second-order valence-corrected chi connectivity index (χ2v) is 7.58. The van der Waals surface area contributed by atoms with Gasteiger partial charge in [-0.1, -0.05) is 18.2 Å². The summed E-state index contributed by atoms with van der Waals surface area (Å²) in [6.45, 7) is 1.62. The van der Waals surface area contributed by atoms with Gasteiger partial charge in [-0.25, -0.2) is 8.42 Å². The topological polar surface area (TPSA) is 87.2 Å². The monoisotopic (exact) mass is 352 g/mol. The van der Waals surface area contributed by atoms with E-state index < -0.39 is 15.7 Å². The predicted octanol–water partition coefficient (Wildman–Crippen LogP) is -0.0746. The van der Waals surface area contributed by atoms with E-state index in [4.69, 9.17) is 4.74 Å². The van der Waals surface area contributed by atoms with Crippen LogP contribution in [-0.4, -0.2) is 75.7 Å². The van der Waals surface area contributed by atoms with Crippen molar-refractivity contribution in [2.24, 2.45) is 0 Å². The lowest BCUT2D eigenvalue weighted by Crippen LogP contribution is -2.42. The molecule has 24 heavy (non-hydrogen) atoms. The quantitative estimate of drug-likeness (QED) is 0.816. The first-order valence-corrected chi connectivity index (χ1v) is 9.24. The number of rotatable bonds is 4. The van der Waals surface area contributed by atoms with Crippen LogP contribution >= 0.6 is 0 Å². The molecule has 0 aliphatic carbocycles. The third kappa shape index (κ3) is 2.70. The molecule has 0 saturated carbocycles. The Morgan fingerprint density at radius 3 is 2.62 bits per heavy atom. The zero-order valence-electron chi connectivity index (χ0n) is 13.4. The van der Waals surface area contributed by atoms with Crippen molar-refractivity contribution >= 4 is 21.4 Å². The Morgan fingerprint density at radius 2 is 1.96 bits per heavy atom. The molecule has 0 aromatic heterocycles. The van der Waals surface area contributed by atoms with E-state index in [1.165, 1.54) is 11.0 Å². The SMILES string of the molecule is CN(CCO)C1=C(C(=O)N2CCOCC2)S(=O)(=O)c2ccccc21. The van der Waals surface area contributed by atoms with E-state index in [2.05, 4.69) is 0 Å². The van der Waals surface area contributed by atoms with E-state index in [1.54, 1.807) is 30.1 Å². The molecule has 3 rings (SSSR count). The van der Waals surface area contributed by atoms with Gasteiger partial charge in [0.15, 0.2) is 4.91 Å². The van der Waals surface area contributed by atoms with Gasteiger partial charge in [0.05, 0.1) is 30.4 Å². The first kappa shape index (κ1) is 16.9. The Kier molecular flexibility index (Phi) is 4.62. The number of nitrogens with zero attached hydrogens (tertiary/aromatic N) is 2. The molecule has 2 aliphatic rings. The van der Waals surface area contributed by atoms with Crippen LogP contribution in [-0.2, 0) is 19.4 Å². The minimum atomic E-state index is -3.88. The standard InChI is InChI=1S/C16H20N2O5S/c1-17(6-9-19)14-12-4-2-3-5-13(12)24(21,22)15(14)16(20)18-7-10-23-11-8-18/h2-5,19H,6-11H2,1H3. The van der Waals surface area contributed by atoms with Crippen LogP contribution < -0.4 is 0 Å². The number of carbonyl (C=O) groups excluding carboxylic acids is 1. The summed E-state index contributed by atoms with van der Waals surface area (Å²) in [5.74, 6) is -0.505. The largest absolute Gasteiger partial charge is 0.395 e. The number of amides is 1. The molecule has 7 nitrogen and oxygen atoms in total. The number of hydrogen-bond acceptors (Lipinski definition) is 6. The number of aliphatic hydroxyl groups is 1. The summed E-state index contributed by atoms with van der Waals surface area (Å²) in [4.78, 5) is 16.0. The van der Waals surface area contributed by atoms with Crippen LogP contribution in [0, 0.1) is 0 Å². The number of sulfone groups is 1. The molecule has 0 radical (unpaired) electrons. The number of benzene rings is 1. The molecule has 1 aromatic rings. The van der Waals surface area contributed by atoms with Gasteiger partial charge in [0, 0.05) is 32.2 Å². The van der Waals surface area contributed by atoms with Crippen molar-refractivity contribution < 1.29 is 23.1 Å². The Labute approximate surface area is 141 Å². The predicted molar refractivity (Wildman–Crippen MR) is 87.7 cm³/mol. The van der Waals surface area contributed by atoms with Gasteiger partial charge in [-0.05, 0) is 6.07 Å². The van der Waals surface area contributed by atoms with Gasteiger partial charge in [0.25, 0.3) is 5.91 Å². The number of aliphatic hydroxyl groups excluding tert-OH is 1. The molecule has 130 valence electrons. The summed E-state index contributed by atoms with van der Waals surface area (Å²) >= 11 is 0. The van der Waals surface area contributed by atoms with Crippen molar-refractivity contribution in [3.05, 3.63) is 34.7 Å². The van der Waals surface area contributed by atoms with Gasteiger partial charge in [-0.3, -0.25) is 4.79 Å². The summed E-state index contributed by atoms with van der Waals surface area (Å²) in [6.07, 6.45) is 0. The van der Waals surface area contributed by atoms with E-state index in [9.17, 15) is 18.3 Å². The second-order valence-electron chi connectivity index (χ2n) is 5.73. The fourth-order valence-electron chi connectivity index (χ4n) is 3.02. The third-order valence-electron chi connectivity index (χ3n) is 4.23. The molecule has 0 atom stereocenters. The fourth-order valence-corrected chi connectivity index (χ4v) is 4.83. The number of ether oxygens (including phenoxy) is 1. The highest BCUT2D eigenvalue weighted by atomic mass is 32.2. The summed E-state index contributed by atoms with van der Waals surface area (Å²) in [5.41, 5.74) is 0.862. The lowest BCUT2D eigenvalue weighted by molar-refractivity contribution is -0.130. The summed E-state index contributed by atoms with van der Waals surface area (Å²) < 4.78 is 31.2. The van der Waals surface area contributed by atoms with Crippen LogP contribution in [0.25, 0.3) is 5.70 Å². The molecule has 1 fully saturated rings. The molecule has 1 aromatic carbocycles. The van der Waals surface area contributed by atoms with Gasteiger partial charge >= 0.3 is 0 Å². The first-order valence-electron chi connectivity index (χ1n) is 7.76. The van der Waals surface area contributed by atoms with Gasteiger partial charge in [-0.15, -0.1) is 0 Å². The Balaban J connectivity index is 2.14. The maximum Gasteiger partial charge on any atom is 0.268 e. The number of fused-ring (bicyclic) bond motifs is 1. The summed E-state index contributed by atoms with van der Waals surface area (Å²) in [6, 6.07) is 6.58. The van der Waals surface area contributed by atoms with Crippen molar-refractivity contribution in [3.8, 4) is 0 Å². The van der Waals surface area contributed by atoms with E-state index >= 15 is 0 Å². The molecule has 2 aliphatic heterocycles. The van der Waals surface area contributed by atoms with Crippen LogP contribution in [0.15, 0.2) is 34.1 Å². The highest BCUT2D eigenvalue weighted by Gasteiger charge is 2.42. The van der Waals surface area contributed by atoms with Crippen molar-refractivity contribution in [3.63, 3.8) is 0 Å². The minimum absolute atomic E-state index is 0.138. The Hall–Kier alpha value is -1.90. The molecule has 1 amide bonds. The van der Waals surface area contributed by atoms with Crippen molar-refractivity contribution in [2.45, 2.75) is 4.90 Å². The van der Waals surface area contributed by atoms with E-state index in [-0.39, 0.29) is 23.0 Å². The van der Waals surface area contributed by atoms with E-state index in [1.807, 2.05) is 0 Å². The average Bonchev–Trinajstić information content (AvgIpc) is 2.83. The highest BCUT2D eigenvalue weighted by Crippen LogP contribution is 2.41. The van der Waals surface area contributed by atoms with E-state index in [0.29, 0.717) is 37.6 Å². The number of carbonyl (C=O) groups is 1. The summed E-state index contributed by atoms with van der Waals surface area (Å²) in [5, 5.41) is 9.22. The van der Waals surface area contributed by atoms with Crippen LogP contribution in [0.3, 0.4) is 0 Å². The van der Waals surface area contributed by atoms with Crippen molar-refractivity contribution in [1.82, 2.24) is 9.80 Å². The first-order chi connectivity index (χ1) is 11.5. The number of likely N-dealkylation sites (N-methyl/N-ethyl adjacent to an activating group) is 1. The Morgan fingerprint density at radius 1 is 1.29 bits per heavy atom. The molecule has 0 spiro atoms. The van der Waals surface area contributed by atoms with E-state index in [0.717, 1.165) is 0 Å². The highest BCUT2D eigenvalue weighted by molar-refractivity contribution is 7.97. The summed E-state index contributed by atoms with van der Waals surface area (Å²) in [7, 11) is -2.21. The fraction of sp³-hybridized carbons (Fsp3) is 0.438. The second kappa shape index (κ2) is 6.54. The van der Waals surface area contributed by atoms with Crippen molar-refractivity contribution in [1.29, 1.82) is 0 Å². The average molecular weight is 352 g/mol. The smallest absolute Gasteiger partial charge is 0.268 e. The van der Waals surface area contributed by atoms with Crippen LogP contribution in [0.5, 0.6) is 0 Å². The third-order valence-corrected chi connectivity index (χ3v) is 6.07. The van der Waals surface area contributed by atoms with Gasteiger partial charge in [0.2, 0.25) is 9.84 Å². The number of hydrogen-bond donors (Lipinski definition) is 1. The van der Waals surface area contributed by atoms with Gasteiger partial charge in [0.1, 0.15) is 0 Å². The maximum atomic E-state index is 13.0. The number of morpholine rings is 1. The van der Waals surface area contributed by atoms with Gasteiger partial charge in [-0.2, -0.15) is 0 Å². The Bertz CT molecular complexity index is 781. The minimum Gasteiger partial charge on any atom is -0.395 e. The molecule has 1 saturated heterocycles. The molecule has 0 unspecified atom stereocenters. The molecular weight excluding hydrogens is 332 g/mol.